The monoisotopic (exact) mass is 252 g/mol. The maximum absolute atomic E-state index is 4.32. The normalized spacial score (nSPS) is 11.0. The molecule has 1 aromatic carbocycles. The van der Waals surface area contributed by atoms with Crippen molar-refractivity contribution in [3.05, 3.63) is 60.0 Å². The van der Waals surface area contributed by atoms with Crippen LogP contribution in [0.3, 0.4) is 0 Å². The number of hydrogen-bond donors (Lipinski definition) is 1. The number of aromatic nitrogens is 3. The number of rotatable bonds is 4. The maximum Gasteiger partial charge on any atom is 0.0702 e. The number of pyridine rings is 1. The SMILES string of the molecule is Cn1cc(CNCc2ccc3ncccc3c2)cn1. The van der Waals surface area contributed by atoms with Crippen LogP contribution in [0, 0.1) is 0 Å². The summed E-state index contributed by atoms with van der Waals surface area (Å²) in [6.45, 7) is 1.68. The summed E-state index contributed by atoms with van der Waals surface area (Å²) in [5.41, 5.74) is 3.51. The zero-order valence-electron chi connectivity index (χ0n) is 10.9. The molecule has 96 valence electrons. The summed E-state index contributed by atoms with van der Waals surface area (Å²) in [7, 11) is 1.93. The van der Waals surface area contributed by atoms with Crippen LogP contribution < -0.4 is 5.32 Å². The van der Waals surface area contributed by atoms with Crippen LogP contribution in [0.1, 0.15) is 11.1 Å². The first-order chi connectivity index (χ1) is 9.31. The van der Waals surface area contributed by atoms with E-state index in [1.165, 1.54) is 16.5 Å². The molecule has 3 aromatic rings. The molecule has 0 atom stereocenters. The lowest BCUT2D eigenvalue weighted by Crippen LogP contribution is -2.12. The summed E-state index contributed by atoms with van der Waals surface area (Å²) in [6, 6.07) is 10.4. The number of nitrogens with zero attached hydrogens (tertiary/aromatic N) is 3. The van der Waals surface area contributed by atoms with Crippen LogP contribution in [0.25, 0.3) is 10.9 Å². The molecule has 4 nitrogen and oxygen atoms in total. The van der Waals surface area contributed by atoms with Gasteiger partial charge in [0.05, 0.1) is 11.7 Å². The van der Waals surface area contributed by atoms with Crippen molar-refractivity contribution in [2.75, 3.05) is 0 Å². The minimum Gasteiger partial charge on any atom is -0.309 e. The lowest BCUT2D eigenvalue weighted by atomic mass is 10.1. The molecule has 2 aromatic heterocycles. The number of hydrogen-bond acceptors (Lipinski definition) is 3. The van der Waals surface area contributed by atoms with Gasteiger partial charge in [0.25, 0.3) is 0 Å². The number of fused-ring (bicyclic) bond motifs is 1. The lowest BCUT2D eigenvalue weighted by Gasteiger charge is -2.04. The molecule has 3 rings (SSSR count). The molecule has 0 aliphatic carbocycles. The van der Waals surface area contributed by atoms with Crippen molar-refractivity contribution in [2.45, 2.75) is 13.1 Å². The first kappa shape index (κ1) is 11.9. The second kappa shape index (κ2) is 5.20. The quantitative estimate of drug-likeness (QED) is 0.774. The average Bonchev–Trinajstić information content (AvgIpc) is 2.84. The zero-order valence-corrected chi connectivity index (χ0v) is 10.9. The molecule has 0 amide bonds. The van der Waals surface area contributed by atoms with E-state index in [9.17, 15) is 0 Å². The Morgan fingerprint density at radius 2 is 2.05 bits per heavy atom. The highest BCUT2D eigenvalue weighted by molar-refractivity contribution is 5.78. The Labute approximate surface area is 112 Å². The number of nitrogens with one attached hydrogen (secondary N) is 1. The largest absolute Gasteiger partial charge is 0.309 e. The molecule has 1 N–H and O–H groups in total. The van der Waals surface area contributed by atoms with Crippen molar-refractivity contribution < 1.29 is 0 Å². The van der Waals surface area contributed by atoms with Crippen molar-refractivity contribution in [1.82, 2.24) is 20.1 Å². The van der Waals surface area contributed by atoms with Gasteiger partial charge in [-0.25, -0.2) is 0 Å². The second-order valence-corrected chi connectivity index (χ2v) is 4.66. The fraction of sp³-hybridized carbons (Fsp3) is 0.200. The standard InChI is InChI=1S/C15H16N4/c1-19-11-13(10-18-19)9-16-8-12-4-5-15-14(7-12)3-2-6-17-15/h2-7,10-11,16H,8-9H2,1H3. The van der Waals surface area contributed by atoms with Crippen molar-refractivity contribution in [3.8, 4) is 0 Å². The predicted octanol–water partition coefficient (Wildman–Crippen LogP) is 2.26. The van der Waals surface area contributed by atoms with E-state index in [1.807, 2.05) is 36.4 Å². The van der Waals surface area contributed by atoms with E-state index in [4.69, 9.17) is 0 Å². The van der Waals surface area contributed by atoms with Gasteiger partial charge in [0.15, 0.2) is 0 Å². The van der Waals surface area contributed by atoms with Gasteiger partial charge in [-0.15, -0.1) is 0 Å². The highest BCUT2D eigenvalue weighted by atomic mass is 15.2. The lowest BCUT2D eigenvalue weighted by molar-refractivity contribution is 0.692. The topological polar surface area (TPSA) is 42.7 Å². The van der Waals surface area contributed by atoms with Gasteiger partial charge in [-0.05, 0) is 23.8 Å². The van der Waals surface area contributed by atoms with Crippen LogP contribution in [-0.4, -0.2) is 14.8 Å². The Morgan fingerprint density at radius 3 is 2.89 bits per heavy atom. The van der Waals surface area contributed by atoms with Crippen molar-refractivity contribution >= 4 is 10.9 Å². The van der Waals surface area contributed by atoms with Crippen LogP contribution in [0.4, 0.5) is 0 Å². The molecule has 0 spiro atoms. The Hall–Kier alpha value is -2.20. The van der Waals surface area contributed by atoms with Gasteiger partial charge in [-0.2, -0.15) is 5.10 Å². The average molecular weight is 252 g/mol. The maximum atomic E-state index is 4.32. The van der Waals surface area contributed by atoms with Gasteiger partial charge >= 0.3 is 0 Å². The van der Waals surface area contributed by atoms with Crippen LogP contribution in [0.5, 0.6) is 0 Å². The Bertz CT molecular complexity index is 687. The number of aryl methyl sites for hydroxylation is 1. The summed E-state index contributed by atoms with van der Waals surface area (Å²) in [6.07, 6.45) is 5.73. The van der Waals surface area contributed by atoms with Gasteiger partial charge in [-0.1, -0.05) is 12.1 Å². The van der Waals surface area contributed by atoms with Gasteiger partial charge in [0.1, 0.15) is 0 Å². The van der Waals surface area contributed by atoms with Crippen molar-refractivity contribution in [1.29, 1.82) is 0 Å². The fourth-order valence-corrected chi connectivity index (χ4v) is 2.15. The summed E-state index contributed by atoms with van der Waals surface area (Å²) in [5, 5.41) is 8.76. The summed E-state index contributed by atoms with van der Waals surface area (Å²) in [5.74, 6) is 0. The minimum atomic E-state index is 0.832. The van der Waals surface area contributed by atoms with E-state index in [-0.39, 0.29) is 0 Å². The van der Waals surface area contributed by atoms with Crippen LogP contribution >= 0.6 is 0 Å². The van der Waals surface area contributed by atoms with E-state index in [2.05, 4.69) is 39.7 Å². The molecule has 19 heavy (non-hydrogen) atoms. The molecule has 0 aliphatic rings. The highest BCUT2D eigenvalue weighted by Crippen LogP contribution is 2.13. The summed E-state index contributed by atoms with van der Waals surface area (Å²) < 4.78 is 1.82. The molecule has 4 heteroatoms. The molecular weight excluding hydrogens is 236 g/mol. The molecule has 0 bridgehead atoms. The first-order valence-corrected chi connectivity index (χ1v) is 6.33. The van der Waals surface area contributed by atoms with E-state index < -0.39 is 0 Å². The fourth-order valence-electron chi connectivity index (χ4n) is 2.15. The van der Waals surface area contributed by atoms with Gasteiger partial charge in [0.2, 0.25) is 0 Å². The van der Waals surface area contributed by atoms with Gasteiger partial charge < -0.3 is 5.32 Å². The van der Waals surface area contributed by atoms with Crippen molar-refractivity contribution in [2.24, 2.45) is 7.05 Å². The molecule has 0 saturated heterocycles. The van der Waals surface area contributed by atoms with Gasteiger partial charge in [-0.3, -0.25) is 9.67 Å². The van der Waals surface area contributed by atoms with E-state index in [0.29, 0.717) is 0 Å². The van der Waals surface area contributed by atoms with Crippen LogP contribution in [-0.2, 0) is 20.1 Å². The first-order valence-electron chi connectivity index (χ1n) is 6.33. The van der Waals surface area contributed by atoms with E-state index >= 15 is 0 Å². The highest BCUT2D eigenvalue weighted by Gasteiger charge is 1.98. The smallest absolute Gasteiger partial charge is 0.0702 e. The van der Waals surface area contributed by atoms with E-state index in [1.54, 1.807) is 0 Å². The molecule has 0 saturated carbocycles. The Kier molecular flexibility index (Phi) is 3.25. The molecule has 0 radical (unpaired) electrons. The number of benzene rings is 1. The zero-order chi connectivity index (χ0) is 13.1. The van der Waals surface area contributed by atoms with Crippen LogP contribution in [0.2, 0.25) is 0 Å². The third-order valence-electron chi connectivity index (χ3n) is 3.08. The van der Waals surface area contributed by atoms with Crippen LogP contribution in [0.15, 0.2) is 48.9 Å². The molecule has 0 aliphatic heterocycles. The molecule has 2 heterocycles. The third-order valence-corrected chi connectivity index (χ3v) is 3.08. The third kappa shape index (κ3) is 2.80. The van der Waals surface area contributed by atoms with Gasteiger partial charge in [0, 0.05) is 43.5 Å². The Balaban J connectivity index is 1.65. The molecular formula is C15H16N4. The second-order valence-electron chi connectivity index (χ2n) is 4.66. The summed E-state index contributed by atoms with van der Waals surface area (Å²) in [4.78, 5) is 4.32. The van der Waals surface area contributed by atoms with Crippen molar-refractivity contribution in [3.63, 3.8) is 0 Å². The summed E-state index contributed by atoms with van der Waals surface area (Å²) >= 11 is 0. The predicted molar refractivity (Wildman–Crippen MR) is 75.5 cm³/mol. The Morgan fingerprint density at radius 1 is 1.16 bits per heavy atom. The minimum absolute atomic E-state index is 0.832. The molecule has 0 unspecified atom stereocenters. The van der Waals surface area contributed by atoms with E-state index in [0.717, 1.165) is 18.6 Å². The molecule has 0 fully saturated rings.